The number of carbonyl (C=O) groups is 1. The molecule has 1 amide bonds. The molecule has 0 aliphatic carbocycles. The molecule has 0 saturated carbocycles. The zero-order valence-corrected chi connectivity index (χ0v) is 17.3. The molecule has 0 aromatic heterocycles. The van der Waals surface area contributed by atoms with E-state index in [2.05, 4.69) is 32.4 Å². The van der Waals surface area contributed by atoms with E-state index in [1.165, 1.54) is 6.21 Å². The molecule has 3 aromatic carbocycles. The first-order valence-electron chi connectivity index (χ1n) is 8.91. The second kappa shape index (κ2) is 9.76. The molecule has 146 valence electrons. The maximum atomic E-state index is 12.3. The van der Waals surface area contributed by atoms with Crippen molar-refractivity contribution in [3.63, 3.8) is 0 Å². The number of halogens is 1. The van der Waals surface area contributed by atoms with Gasteiger partial charge in [0, 0.05) is 10.0 Å². The Bertz CT molecular complexity index is 1090. The Labute approximate surface area is 177 Å². The van der Waals surface area contributed by atoms with Gasteiger partial charge in [0.15, 0.2) is 6.10 Å². The van der Waals surface area contributed by atoms with Gasteiger partial charge in [-0.15, -0.1) is 6.42 Å². The Kier molecular flexibility index (Phi) is 6.88. The van der Waals surface area contributed by atoms with Crippen molar-refractivity contribution in [3.8, 4) is 23.8 Å². The van der Waals surface area contributed by atoms with E-state index in [0.29, 0.717) is 17.1 Å². The first-order chi connectivity index (χ1) is 14.1. The molecule has 0 spiro atoms. The molecule has 1 N–H and O–H groups in total. The molecule has 0 saturated heterocycles. The van der Waals surface area contributed by atoms with Gasteiger partial charge in [0.25, 0.3) is 5.91 Å². The number of ether oxygens (including phenoxy) is 2. The third-order valence-corrected chi connectivity index (χ3v) is 4.56. The highest BCUT2D eigenvalue weighted by Gasteiger charge is 2.14. The van der Waals surface area contributed by atoms with Gasteiger partial charge in [-0.3, -0.25) is 4.79 Å². The lowest BCUT2D eigenvalue weighted by molar-refractivity contribution is -0.127. The van der Waals surface area contributed by atoms with Crippen molar-refractivity contribution in [1.82, 2.24) is 5.43 Å². The molecule has 1 unspecified atom stereocenters. The number of hydrazone groups is 1. The van der Waals surface area contributed by atoms with Crippen molar-refractivity contribution >= 4 is 38.8 Å². The summed E-state index contributed by atoms with van der Waals surface area (Å²) in [5.41, 5.74) is 3.16. The highest BCUT2D eigenvalue weighted by Crippen LogP contribution is 2.22. The molecule has 5 nitrogen and oxygen atoms in total. The molecular formula is C23H19BrN2O3. The molecule has 29 heavy (non-hydrogen) atoms. The molecule has 0 fully saturated rings. The molecular weight excluding hydrogens is 432 g/mol. The van der Waals surface area contributed by atoms with Gasteiger partial charge >= 0.3 is 0 Å². The molecule has 0 aliphatic heterocycles. The third-order valence-electron chi connectivity index (χ3n) is 4.06. The zero-order valence-electron chi connectivity index (χ0n) is 15.8. The van der Waals surface area contributed by atoms with E-state index in [-0.39, 0.29) is 12.5 Å². The van der Waals surface area contributed by atoms with Gasteiger partial charge in [-0.05, 0) is 48.0 Å². The van der Waals surface area contributed by atoms with Gasteiger partial charge < -0.3 is 9.47 Å². The number of fused-ring (bicyclic) bond motifs is 1. The number of terminal acetylenes is 1. The molecule has 0 radical (unpaired) electrons. The van der Waals surface area contributed by atoms with Crippen molar-refractivity contribution in [2.75, 3.05) is 6.61 Å². The normalized spacial score (nSPS) is 11.8. The summed E-state index contributed by atoms with van der Waals surface area (Å²) < 4.78 is 12.1. The van der Waals surface area contributed by atoms with Crippen LogP contribution in [0.5, 0.6) is 11.5 Å². The number of benzene rings is 3. The molecule has 1 atom stereocenters. The second-order valence-corrected chi connectivity index (χ2v) is 7.09. The van der Waals surface area contributed by atoms with E-state index in [9.17, 15) is 4.79 Å². The average molecular weight is 451 g/mol. The number of nitrogens with zero attached hydrogens (tertiary/aromatic N) is 1. The number of carbonyl (C=O) groups excluding carboxylic acids is 1. The summed E-state index contributed by atoms with van der Waals surface area (Å²) in [6.07, 6.45) is 6.02. The van der Waals surface area contributed by atoms with Crippen LogP contribution in [-0.4, -0.2) is 24.8 Å². The van der Waals surface area contributed by atoms with Crippen LogP contribution in [0, 0.1) is 12.3 Å². The Morgan fingerprint density at radius 3 is 2.79 bits per heavy atom. The summed E-state index contributed by atoms with van der Waals surface area (Å²) in [5, 5.41) is 6.16. The molecule has 3 aromatic rings. The maximum Gasteiger partial charge on any atom is 0.280 e. The number of amides is 1. The molecule has 0 bridgehead atoms. The number of hydrogen-bond acceptors (Lipinski definition) is 4. The van der Waals surface area contributed by atoms with Crippen LogP contribution in [0.4, 0.5) is 0 Å². The second-order valence-electron chi connectivity index (χ2n) is 6.18. The predicted octanol–water partition coefficient (Wildman–Crippen LogP) is 4.53. The van der Waals surface area contributed by atoms with Crippen LogP contribution >= 0.6 is 15.9 Å². The van der Waals surface area contributed by atoms with Crippen molar-refractivity contribution in [2.24, 2.45) is 5.10 Å². The van der Waals surface area contributed by atoms with Crippen LogP contribution in [0.3, 0.4) is 0 Å². The fraction of sp³-hybridized carbons (Fsp3) is 0.130. The van der Waals surface area contributed by atoms with Crippen LogP contribution in [0.15, 0.2) is 70.2 Å². The van der Waals surface area contributed by atoms with Crippen LogP contribution < -0.4 is 14.9 Å². The summed E-state index contributed by atoms with van der Waals surface area (Å²) in [6.45, 7) is 1.81. The van der Waals surface area contributed by atoms with Crippen molar-refractivity contribution in [3.05, 3.63) is 70.7 Å². The number of nitrogens with one attached hydrogen (secondary N) is 1. The lowest BCUT2D eigenvalue weighted by Crippen LogP contribution is -2.33. The van der Waals surface area contributed by atoms with Crippen molar-refractivity contribution < 1.29 is 14.3 Å². The van der Waals surface area contributed by atoms with E-state index in [1.807, 2.05) is 54.6 Å². The minimum atomic E-state index is -0.715. The lowest BCUT2D eigenvalue weighted by Gasteiger charge is -2.13. The Balaban J connectivity index is 1.62. The maximum absolute atomic E-state index is 12.3. The molecule has 6 heteroatoms. The average Bonchev–Trinajstić information content (AvgIpc) is 2.73. The van der Waals surface area contributed by atoms with Gasteiger partial charge in [0.1, 0.15) is 18.1 Å². The van der Waals surface area contributed by atoms with E-state index in [1.54, 1.807) is 13.0 Å². The van der Waals surface area contributed by atoms with Crippen molar-refractivity contribution in [2.45, 2.75) is 13.0 Å². The fourth-order valence-corrected chi connectivity index (χ4v) is 3.00. The zero-order chi connectivity index (χ0) is 20.6. The van der Waals surface area contributed by atoms with Crippen molar-refractivity contribution in [1.29, 1.82) is 0 Å². The highest BCUT2D eigenvalue weighted by atomic mass is 79.9. The van der Waals surface area contributed by atoms with Gasteiger partial charge in [-0.25, -0.2) is 5.43 Å². The lowest BCUT2D eigenvalue weighted by atomic mass is 10.1. The highest BCUT2D eigenvalue weighted by molar-refractivity contribution is 9.10. The molecule has 0 aliphatic rings. The standard InChI is InChI=1S/C23H19BrN2O3/c1-3-12-28-22-11-9-20(24)13-19(22)15-25-26-23(27)16(2)29-21-10-8-17-6-4-5-7-18(17)14-21/h1,4-11,13-16H,12H2,2H3,(H,26,27). The Morgan fingerprint density at radius 1 is 1.21 bits per heavy atom. The van der Waals surface area contributed by atoms with E-state index in [0.717, 1.165) is 15.2 Å². The van der Waals surface area contributed by atoms with Gasteiger partial charge in [-0.1, -0.05) is 52.2 Å². The van der Waals surface area contributed by atoms with E-state index < -0.39 is 6.10 Å². The summed E-state index contributed by atoms with van der Waals surface area (Å²) in [5.74, 6) is 3.24. The quantitative estimate of drug-likeness (QED) is 0.326. The predicted molar refractivity (Wildman–Crippen MR) is 118 cm³/mol. The largest absolute Gasteiger partial charge is 0.481 e. The summed E-state index contributed by atoms with van der Waals surface area (Å²) in [4.78, 5) is 12.3. The first-order valence-corrected chi connectivity index (χ1v) is 9.70. The molecule has 0 heterocycles. The first kappa shape index (κ1) is 20.4. The van der Waals surface area contributed by atoms with Gasteiger partial charge in [-0.2, -0.15) is 5.10 Å². The van der Waals surface area contributed by atoms with Crippen LogP contribution in [0.1, 0.15) is 12.5 Å². The monoisotopic (exact) mass is 450 g/mol. The minimum Gasteiger partial charge on any atom is -0.481 e. The fourth-order valence-electron chi connectivity index (χ4n) is 2.63. The topological polar surface area (TPSA) is 59.9 Å². The summed E-state index contributed by atoms with van der Waals surface area (Å²) in [6, 6.07) is 19.1. The Morgan fingerprint density at radius 2 is 2.00 bits per heavy atom. The van der Waals surface area contributed by atoms with Crippen LogP contribution in [0.2, 0.25) is 0 Å². The SMILES string of the molecule is C#CCOc1ccc(Br)cc1C=NNC(=O)C(C)Oc1ccc2ccccc2c1. The molecule has 3 rings (SSSR count). The minimum absolute atomic E-state index is 0.144. The van der Waals surface area contributed by atoms with Crippen LogP contribution in [-0.2, 0) is 4.79 Å². The van der Waals surface area contributed by atoms with E-state index >= 15 is 0 Å². The van der Waals surface area contributed by atoms with Gasteiger partial charge in [0.05, 0.1) is 6.21 Å². The van der Waals surface area contributed by atoms with E-state index in [4.69, 9.17) is 15.9 Å². The smallest absolute Gasteiger partial charge is 0.280 e. The van der Waals surface area contributed by atoms with Gasteiger partial charge in [0.2, 0.25) is 0 Å². The number of rotatable bonds is 7. The number of hydrogen-bond donors (Lipinski definition) is 1. The Hall–Kier alpha value is -3.30. The summed E-state index contributed by atoms with van der Waals surface area (Å²) in [7, 11) is 0. The summed E-state index contributed by atoms with van der Waals surface area (Å²) >= 11 is 3.40. The third kappa shape index (κ3) is 5.59. The van der Waals surface area contributed by atoms with Crippen LogP contribution in [0.25, 0.3) is 10.8 Å².